The molecule has 110 valence electrons. The van der Waals surface area contributed by atoms with Crippen LogP contribution in [0.4, 0.5) is 0 Å². The van der Waals surface area contributed by atoms with Crippen molar-refractivity contribution < 1.29 is 4.74 Å². The monoisotopic (exact) mass is 273 g/mol. The van der Waals surface area contributed by atoms with E-state index in [1.807, 2.05) is 0 Å². The largest absolute Gasteiger partial charge is 0.490 e. The third-order valence-corrected chi connectivity index (χ3v) is 4.53. The number of hydrogen-bond acceptors (Lipinski definition) is 2. The van der Waals surface area contributed by atoms with Crippen LogP contribution in [0.1, 0.15) is 61.6 Å². The number of ether oxygens (including phenoxy) is 1. The Hall–Kier alpha value is -1.02. The zero-order chi connectivity index (χ0) is 13.9. The lowest BCUT2D eigenvalue weighted by Gasteiger charge is -2.25. The molecule has 0 unspecified atom stereocenters. The number of benzene rings is 1. The molecule has 0 heterocycles. The smallest absolute Gasteiger partial charge is 0.125 e. The van der Waals surface area contributed by atoms with E-state index in [0.29, 0.717) is 6.10 Å². The van der Waals surface area contributed by atoms with E-state index >= 15 is 0 Å². The van der Waals surface area contributed by atoms with Gasteiger partial charge in [0.2, 0.25) is 0 Å². The van der Waals surface area contributed by atoms with Crippen LogP contribution in [-0.2, 0) is 6.54 Å². The SMILES string of the molecule is Cc1cc(CNC2CC2)cc(C)c1OC1CCCCC1. The lowest BCUT2D eigenvalue weighted by molar-refractivity contribution is 0.153. The van der Waals surface area contributed by atoms with Gasteiger partial charge in [0.1, 0.15) is 5.75 Å². The fraction of sp³-hybridized carbons (Fsp3) is 0.667. The molecule has 0 atom stereocenters. The number of hydrogen-bond donors (Lipinski definition) is 1. The molecule has 0 aromatic heterocycles. The summed E-state index contributed by atoms with van der Waals surface area (Å²) in [6.45, 7) is 5.37. The molecule has 0 radical (unpaired) electrons. The molecule has 0 amide bonds. The van der Waals surface area contributed by atoms with Crippen LogP contribution in [0.3, 0.4) is 0 Å². The summed E-state index contributed by atoms with van der Waals surface area (Å²) in [6.07, 6.45) is 9.62. The predicted molar refractivity (Wildman–Crippen MR) is 83.3 cm³/mol. The normalized spacial score (nSPS) is 20.1. The Morgan fingerprint density at radius 1 is 1.00 bits per heavy atom. The van der Waals surface area contributed by atoms with Gasteiger partial charge in [-0.2, -0.15) is 0 Å². The average molecular weight is 273 g/mol. The predicted octanol–water partition coefficient (Wildman–Crippen LogP) is 4.27. The van der Waals surface area contributed by atoms with Crippen molar-refractivity contribution in [2.75, 3.05) is 0 Å². The van der Waals surface area contributed by atoms with Crippen LogP contribution in [0.25, 0.3) is 0 Å². The van der Waals surface area contributed by atoms with Crippen molar-refractivity contribution in [1.82, 2.24) is 5.32 Å². The van der Waals surface area contributed by atoms with Crippen LogP contribution in [0.5, 0.6) is 5.75 Å². The molecule has 3 rings (SSSR count). The first-order valence-electron chi connectivity index (χ1n) is 8.22. The average Bonchev–Trinajstić information content (AvgIpc) is 3.26. The highest BCUT2D eigenvalue weighted by atomic mass is 16.5. The third-order valence-electron chi connectivity index (χ3n) is 4.53. The topological polar surface area (TPSA) is 21.3 Å². The van der Waals surface area contributed by atoms with E-state index in [1.54, 1.807) is 0 Å². The summed E-state index contributed by atoms with van der Waals surface area (Å²) in [7, 11) is 0. The molecule has 0 spiro atoms. The summed E-state index contributed by atoms with van der Waals surface area (Å²) in [5.41, 5.74) is 3.98. The lowest BCUT2D eigenvalue weighted by Crippen LogP contribution is -2.21. The van der Waals surface area contributed by atoms with E-state index in [4.69, 9.17) is 4.74 Å². The van der Waals surface area contributed by atoms with Crippen molar-refractivity contribution in [3.05, 3.63) is 28.8 Å². The van der Waals surface area contributed by atoms with E-state index in [1.165, 1.54) is 61.6 Å². The van der Waals surface area contributed by atoms with Gasteiger partial charge in [-0.1, -0.05) is 18.6 Å². The van der Waals surface area contributed by atoms with E-state index in [0.717, 1.165) is 18.3 Å². The highest BCUT2D eigenvalue weighted by molar-refractivity contribution is 5.43. The van der Waals surface area contributed by atoms with Crippen molar-refractivity contribution in [2.45, 2.75) is 77.5 Å². The summed E-state index contributed by atoms with van der Waals surface area (Å²) in [6, 6.07) is 5.36. The first kappa shape index (κ1) is 13.9. The summed E-state index contributed by atoms with van der Waals surface area (Å²) < 4.78 is 6.29. The second kappa shape index (κ2) is 6.17. The molecule has 0 aliphatic heterocycles. The van der Waals surface area contributed by atoms with Gasteiger partial charge in [-0.25, -0.2) is 0 Å². The Morgan fingerprint density at radius 3 is 2.25 bits per heavy atom. The van der Waals surface area contributed by atoms with Crippen LogP contribution in [0.15, 0.2) is 12.1 Å². The summed E-state index contributed by atoms with van der Waals surface area (Å²) >= 11 is 0. The van der Waals surface area contributed by atoms with Gasteiger partial charge in [0.25, 0.3) is 0 Å². The molecule has 0 bridgehead atoms. The van der Waals surface area contributed by atoms with Crippen LogP contribution < -0.4 is 10.1 Å². The molecular formula is C18H27NO. The Kier molecular flexibility index (Phi) is 4.30. The van der Waals surface area contributed by atoms with Crippen molar-refractivity contribution in [1.29, 1.82) is 0 Å². The van der Waals surface area contributed by atoms with E-state index in [-0.39, 0.29) is 0 Å². The minimum absolute atomic E-state index is 0.441. The second-order valence-corrected chi connectivity index (χ2v) is 6.59. The van der Waals surface area contributed by atoms with Gasteiger partial charge >= 0.3 is 0 Å². The quantitative estimate of drug-likeness (QED) is 0.865. The first-order chi connectivity index (χ1) is 9.72. The molecule has 2 aliphatic rings. The molecular weight excluding hydrogens is 246 g/mol. The maximum atomic E-state index is 6.29. The number of nitrogens with one attached hydrogen (secondary N) is 1. The van der Waals surface area contributed by atoms with Gasteiger partial charge in [0.05, 0.1) is 6.10 Å². The van der Waals surface area contributed by atoms with Crippen LogP contribution >= 0.6 is 0 Å². The molecule has 1 N–H and O–H groups in total. The molecule has 2 saturated carbocycles. The van der Waals surface area contributed by atoms with Gasteiger partial charge in [-0.15, -0.1) is 0 Å². The maximum absolute atomic E-state index is 6.29. The Labute approximate surface area is 122 Å². The minimum atomic E-state index is 0.441. The van der Waals surface area contributed by atoms with Gasteiger partial charge in [-0.3, -0.25) is 0 Å². The van der Waals surface area contributed by atoms with E-state index < -0.39 is 0 Å². The van der Waals surface area contributed by atoms with Crippen molar-refractivity contribution in [2.24, 2.45) is 0 Å². The van der Waals surface area contributed by atoms with Crippen LogP contribution in [0, 0.1) is 13.8 Å². The van der Waals surface area contributed by atoms with Crippen molar-refractivity contribution in [3.63, 3.8) is 0 Å². The first-order valence-corrected chi connectivity index (χ1v) is 8.22. The molecule has 20 heavy (non-hydrogen) atoms. The molecule has 2 aliphatic carbocycles. The fourth-order valence-electron chi connectivity index (χ4n) is 3.23. The second-order valence-electron chi connectivity index (χ2n) is 6.59. The van der Waals surface area contributed by atoms with Crippen molar-refractivity contribution in [3.8, 4) is 5.75 Å². The van der Waals surface area contributed by atoms with E-state index in [9.17, 15) is 0 Å². The van der Waals surface area contributed by atoms with Gasteiger partial charge in [0.15, 0.2) is 0 Å². The zero-order valence-electron chi connectivity index (χ0n) is 12.9. The molecule has 2 fully saturated rings. The molecule has 1 aromatic carbocycles. The highest BCUT2D eigenvalue weighted by Gasteiger charge is 2.21. The molecule has 1 aromatic rings. The molecule has 2 nitrogen and oxygen atoms in total. The van der Waals surface area contributed by atoms with Crippen LogP contribution in [-0.4, -0.2) is 12.1 Å². The highest BCUT2D eigenvalue weighted by Crippen LogP contribution is 2.30. The molecule has 0 saturated heterocycles. The van der Waals surface area contributed by atoms with Gasteiger partial charge in [-0.05, 0) is 69.1 Å². The Bertz CT molecular complexity index is 435. The lowest BCUT2D eigenvalue weighted by atomic mass is 9.97. The summed E-state index contributed by atoms with van der Waals surface area (Å²) in [5.74, 6) is 1.13. The Balaban J connectivity index is 1.66. The van der Waals surface area contributed by atoms with Crippen molar-refractivity contribution >= 4 is 0 Å². The van der Waals surface area contributed by atoms with E-state index in [2.05, 4.69) is 31.3 Å². The zero-order valence-corrected chi connectivity index (χ0v) is 12.9. The number of aryl methyl sites for hydroxylation is 2. The number of rotatable bonds is 5. The summed E-state index contributed by atoms with van der Waals surface area (Å²) in [5, 5.41) is 3.59. The standard InChI is InChI=1S/C18H27NO/c1-13-10-15(12-19-16-8-9-16)11-14(2)18(13)20-17-6-4-3-5-7-17/h10-11,16-17,19H,3-9,12H2,1-2H3. The Morgan fingerprint density at radius 2 is 1.65 bits per heavy atom. The minimum Gasteiger partial charge on any atom is -0.490 e. The van der Waals surface area contributed by atoms with Gasteiger partial charge < -0.3 is 10.1 Å². The molecule has 2 heteroatoms. The third kappa shape index (κ3) is 3.54. The maximum Gasteiger partial charge on any atom is 0.125 e. The summed E-state index contributed by atoms with van der Waals surface area (Å²) in [4.78, 5) is 0. The van der Waals surface area contributed by atoms with Gasteiger partial charge in [0, 0.05) is 12.6 Å². The fourth-order valence-corrected chi connectivity index (χ4v) is 3.23. The van der Waals surface area contributed by atoms with Crippen LogP contribution in [0.2, 0.25) is 0 Å².